The lowest BCUT2D eigenvalue weighted by Crippen LogP contribution is -2.19. The number of benzene rings is 2. The fraction of sp³-hybridized carbons (Fsp3) is 0.211. The van der Waals surface area contributed by atoms with Crippen LogP contribution in [0.3, 0.4) is 0 Å². The Bertz CT molecular complexity index is 949. The SMILES string of the molecule is C[C@@H]1CC(=O)Nc2cccc(/C=C/c3cccc(S(C)(=O)=O)c3)c2N1. The standard InChI is InChI=1S/C19H20N2O3S/c1-13-11-18(22)21-17-8-4-6-15(19(17)20-13)10-9-14-5-3-7-16(12-14)25(2,23)24/h3-10,12-13,20H,11H2,1-2H3,(H,21,22)/b10-9+/t13-/m1/s1. The summed E-state index contributed by atoms with van der Waals surface area (Å²) in [6.45, 7) is 1.96. The molecule has 2 aromatic rings. The number of anilines is 2. The summed E-state index contributed by atoms with van der Waals surface area (Å²) in [5.41, 5.74) is 3.35. The van der Waals surface area contributed by atoms with Crippen molar-refractivity contribution in [3.05, 3.63) is 53.6 Å². The molecular weight excluding hydrogens is 336 g/mol. The quantitative estimate of drug-likeness (QED) is 0.827. The van der Waals surface area contributed by atoms with Crippen molar-refractivity contribution in [3.63, 3.8) is 0 Å². The maximum atomic E-state index is 11.9. The molecule has 0 spiro atoms. The summed E-state index contributed by atoms with van der Waals surface area (Å²) >= 11 is 0. The van der Waals surface area contributed by atoms with Crippen LogP contribution < -0.4 is 10.6 Å². The van der Waals surface area contributed by atoms with E-state index in [0.29, 0.717) is 11.3 Å². The number of sulfone groups is 1. The smallest absolute Gasteiger partial charge is 0.226 e. The average Bonchev–Trinajstić information content (AvgIpc) is 2.69. The molecule has 0 saturated carbocycles. The summed E-state index contributed by atoms with van der Waals surface area (Å²) in [6.07, 6.45) is 5.38. The third-order valence-corrected chi connectivity index (χ3v) is 5.10. The summed E-state index contributed by atoms with van der Waals surface area (Å²) in [4.78, 5) is 12.1. The van der Waals surface area contributed by atoms with Crippen molar-refractivity contribution in [1.29, 1.82) is 0 Å². The number of carbonyl (C=O) groups is 1. The van der Waals surface area contributed by atoms with Gasteiger partial charge in [0.25, 0.3) is 0 Å². The Morgan fingerprint density at radius 3 is 2.64 bits per heavy atom. The molecule has 1 amide bonds. The minimum Gasteiger partial charge on any atom is -0.380 e. The Morgan fingerprint density at radius 2 is 1.88 bits per heavy atom. The lowest BCUT2D eigenvalue weighted by atomic mass is 10.1. The average molecular weight is 356 g/mol. The molecule has 1 atom stereocenters. The van der Waals surface area contributed by atoms with Gasteiger partial charge in [0.15, 0.2) is 9.84 Å². The highest BCUT2D eigenvalue weighted by molar-refractivity contribution is 7.90. The number of carbonyl (C=O) groups excluding carboxylic acids is 1. The Kier molecular flexibility index (Phi) is 4.63. The van der Waals surface area contributed by atoms with Gasteiger partial charge in [-0.2, -0.15) is 0 Å². The van der Waals surface area contributed by atoms with Crippen LogP contribution in [0.25, 0.3) is 12.2 Å². The number of fused-ring (bicyclic) bond motifs is 1. The first kappa shape index (κ1) is 17.2. The number of hydrogen-bond donors (Lipinski definition) is 2. The minimum absolute atomic E-state index is 0.0132. The predicted molar refractivity (Wildman–Crippen MR) is 101 cm³/mol. The van der Waals surface area contributed by atoms with E-state index < -0.39 is 9.84 Å². The highest BCUT2D eigenvalue weighted by Crippen LogP contribution is 2.31. The molecule has 3 rings (SSSR count). The van der Waals surface area contributed by atoms with Gasteiger partial charge in [-0.25, -0.2) is 8.42 Å². The number of para-hydroxylation sites is 1. The fourth-order valence-corrected chi connectivity index (χ4v) is 3.46. The van der Waals surface area contributed by atoms with Gasteiger partial charge in [-0.1, -0.05) is 36.4 Å². The Hall–Kier alpha value is -2.60. The Balaban J connectivity index is 1.95. The largest absolute Gasteiger partial charge is 0.380 e. The summed E-state index contributed by atoms with van der Waals surface area (Å²) in [5, 5.41) is 6.27. The minimum atomic E-state index is -3.23. The first-order chi connectivity index (χ1) is 11.8. The Labute approximate surface area is 147 Å². The zero-order chi connectivity index (χ0) is 18.0. The summed E-state index contributed by atoms with van der Waals surface area (Å²) < 4.78 is 23.4. The van der Waals surface area contributed by atoms with E-state index >= 15 is 0 Å². The molecule has 0 bridgehead atoms. The van der Waals surface area contributed by atoms with E-state index in [4.69, 9.17) is 0 Å². The van der Waals surface area contributed by atoms with E-state index in [2.05, 4.69) is 10.6 Å². The molecule has 1 aliphatic heterocycles. The molecule has 25 heavy (non-hydrogen) atoms. The van der Waals surface area contributed by atoms with E-state index in [0.717, 1.165) is 22.5 Å². The van der Waals surface area contributed by atoms with Gasteiger partial charge in [-0.05, 0) is 36.2 Å². The maximum Gasteiger partial charge on any atom is 0.226 e. The molecule has 1 heterocycles. The monoisotopic (exact) mass is 356 g/mol. The van der Waals surface area contributed by atoms with Gasteiger partial charge in [0.1, 0.15) is 0 Å². The lowest BCUT2D eigenvalue weighted by Gasteiger charge is -2.14. The molecule has 0 radical (unpaired) electrons. The second-order valence-corrected chi connectivity index (χ2v) is 8.26. The van der Waals surface area contributed by atoms with Crippen molar-refractivity contribution < 1.29 is 13.2 Å². The van der Waals surface area contributed by atoms with Crippen molar-refractivity contribution in [3.8, 4) is 0 Å². The van der Waals surface area contributed by atoms with Crippen LogP contribution in [0.1, 0.15) is 24.5 Å². The van der Waals surface area contributed by atoms with Crippen molar-refractivity contribution in [1.82, 2.24) is 0 Å². The third-order valence-electron chi connectivity index (χ3n) is 3.99. The third kappa shape index (κ3) is 4.09. The van der Waals surface area contributed by atoms with Crippen molar-refractivity contribution in [2.75, 3.05) is 16.9 Å². The molecular formula is C19H20N2O3S. The second-order valence-electron chi connectivity index (χ2n) is 6.25. The van der Waals surface area contributed by atoms with E-state index in [9.17, 15) is 13.2 Å². The molecule has 0 saturated heterocycles. The van der Waals surface area contributed by atoms with Crippen molar-refractivity contribution >= 4 is 39.3 Å². The van der Waals surface area contributed by atoms with E-state index in [-0.39, 0.29) is 11.9 Å². The summed E-state index contributed by atoms with van der Waals surface area (Å²) in [7, 11) is -3.23. The van der Waals surface area contributed by atoms with E-state index in [1.54, 1.807) is 18.2 Å². The van der Waals surface area contributed by atoms with Crippen LogP contribution in [-0.4, -0.2) is 26.6 Å². The zero-order valence-corrected chi connectivity index (χ0v) is 14.9. The summed E-state index contributed by atoms with van der Waals surface area (Å²) in [6, 6.07) is 12.5. The molecule has 2 N–H and O–H groups in total. The van der Waals surface area contributed by atoms with Gasteiger partial charge >= 0.3 is 0 Å². The van der Waals surface area contributed by atoms with Gasteiger partial charge in [0.05, 0.1) is 16.3 Å². The highest BCUT2D eigenvalue weighted by atomic mass is 32.2. The van der Waals surface area contributed by atoms with Crippen molar-refractivity contribution in [2.24, 2.45) is 0 Å². The van der Waals surface area contributed by atoms with E-state index in [1.165, 1.54) is 6.26 Å². The number of nitrogens with one attached hydrogen (secondary N) is 2. The first-order valence-electron chi connectivity index (χ1n) is 8.00. The first-order valence-corrected chi connectivity index (χ1v) is 9.90. The molecule has 0 aromatic heterocycles. The molecule has 6 heteroatoms. The molecule has 1 aliphatic rings. The summed E-state index contributed by atoms with van der Waals surface area (Å²) in [5.74, 6) is -0.0132. The van der Waals surface area contributed by atoms with Crippen LogP contribution in [-0.2, 0) is 14.6 Å². The van der Waals surface area contributed by atoms with Crippen LogP contribution >= 0.6 is 0 Å². The molecule has 5 nitrogen and oxygen atoms in total. The number of rotatable bonds is 3. The molecule has 130 valence electrons. The van der Waals surface area contributed by atoms with Crippen LogP contribution in [0.15, 0.2) is 47.4 Å². The van der Waals surface area contributed by atoms with Gasteiger partial charge in [-0.15, -0.1) is 0 Å². The second kappa shape index (κ2) is 6.72. The topological polar surface area (TPSA) is 75.3 Å². The molecule has 0 unspecified atom stereocenters. The van der Waals surface area contributed by atoms with Crippen molar-refractivity contribution in [2.45, 2.75) is 24.3 Å². The number of amides is 1. The van der Waals surface area contributed by atoms with Gasteiger partial charge in [-0.3, -0.25) is 4.79 Å². The molecule has 2 aromatic carbocycles. The maximum absolute atomic E-state index is 11.9. The van der Waals surface area contributed by atoms with Gasteiger partial charge in [0.2, 0.25) is 5.91 Å². The Morgan fingerprint density at radius 1 is 1.12 bits per heavy atom. The van der Waals surface area contributed by atoms with Gasteiger partial charge < -0.3 is 10.6 Å². The van der Waals surface area contributed by atoms with Crippen LogP contribution in [0.5, 0.6) is 0 Å². The highest BCUT2D eigenvalue weighted by Gasteiger charge is 2.18. The zero-order valence-electron chi connectivity index (χ0n) is 14.1. The van der Waals surface area contributed by atoms with Crippen LogP contribution in [0, 0.1) is 0 Å². The normalized spacial score (nSPS) is 17.5. The lowest BCUT2D eigenvalue weighted by molar-refractivity contribution is -0.116. The predicted octanol–water partition coefficient (Wildman–Crippen LogP) is 3.40. The van der Waals surface area contributed by atoms with Gasteiger partial charge in [0, 0.05) is 18.7 Å². The van der Waals surface area contributed by atoms with E-state index in [1.807, 2.05) is 43.3 Å². The van der Waals surface area contributed by atoms with Crippen LogP contribution in [0.2, 0.25) is 0 Å². The molecule has 0 fully saturated rings. The number of hydrogen-bond acceptors (Lipinski definition) is 4. The molecule has 0 aliphatic carbocycles. The fourth-order valence-electron chi connectivity index (χ4n) is 2.79. The van der Waals surface area contributed by atoms with Crippen LogP contribution in [0.4, 0.5) is 11.4 Å².